The number of aryl methyl sites for hydroxylation is 1. The van der Waals surface area contributed by atoms with Crippen molar-refractivity contribution in [3.05, 3.63) is 12.4 Å². The van der Waals surface area contributed by atoms with Crippen molar-refractivity contribution in [1.82, 2.24) is 25.3 Å². The lowest BCUT2D eigenvalue weighted by Crippen LogP contribution is -2.56. The van der Waals surface area contributed by atoms with E-state index in [0.717, 1.165) is 5.69 Å². The van der Waals surface area contributed by atoms with Crippen molar-refractivity contribution < 1.29 is 9.59 Å². The zero-order valence-corrected chi connectivity index (χ0v) is 15.5. The van der Waals surface area contributed by atoms with Gasteiger partial charge >= 0.3 is 0 Å². The first-order valence-electron chi connectivity index (χ1n) is 8.25. The Morgan fingerprint density at radius 3 is 2.64 bits per heavy atom. The third-order valence-corrected chi connectivity index (χ3v) is 4.27. The van der Waals surface area contributed by atoms with E-state index in [4.69, 9.17) is 0 Å². The van der Waals surface area contributed by atoms with Crippen LogP contribution in [0.2, 0.25) is 0 Å². The van der Waals surface area contributed by atoms with E-state index in [1.807, 2.05) is 32.0 Å². The molecule has 1 aromatic rings. The van der Waals surface area contributed by atoms with Crippen molar-refractivity contribution in [3.63, 3.8) is 0 Å². The van der Waals surface area contributed by atoms with Gasteiger partial charge in [0.2, 0.25) is 11.8 Å². The lowest BCUT2D eigenvalue weighted by molar-refractivity contribution is -0.128. The first-order chi connectivity index (χ1) is 11.8. The van der Waals surface area contributed by atoms with Gasteiger partial charge in [0.1, 0.15) is 6.54 Å². The smallest absolute Gasteiger partial charge is 0.246 e. The van der Waals surface area contributed by atoms with E-state index >= 15 is 0 Å². The molecule has 2 amide bonds. The maximum atomic E-state index is 12.5. The fraction of sp³-hybridized carbons (Fsp3) is 0.625. The summed E-state index contributed by atoms with van der Waals surface area (Å²) in [7, 11) is 5.12. The number of carbonyl (C=O) groups is 2. The molecule has 9 heteroatoms. The predicted molar refractivity (Wildman–Crippen MR) is 96.3 cm³/mol. The Labute approximate surface area is 148 Å². The Hall–Kier alpha value is -2.58. The van der Waals surface area contributed by atoms with Crippen molar-refractivity contribution in [1.29, 1.82) is 0 Å². The third-order valence-electron chi connectivity index (χ3n) is 4.27. The molecule has 0 radical (unpaired) electrons. The highest BCUT2D eigenvalue weighted by Gasteiger charge is 2.30. The number of rotatable bonds is 4. The van der Waals surface area contributed by atoms with Gasteiger partial charge in [-0.25, -0.2) is 0 Å². The number of anilines is 1. The van der Waals surface area contributed by atoms with Crippen LogP contribution in [0.15, 0.2) is 17.4 Å². The highest BCUT2D eigenvalue weighted by molar-refractivity contribution is 5.98. The molecule has 1 aliphatic heterocycles. The Balaban J connectivity index is 1.97. The molecule has 0 aliphatic carbocycles. The zero-order chi connectivity index (χ0) is 18.6. The summed E-state index contributed by atoms with van der Waals surface area (Å²) in [6.45, 7) is 5.59. The number of amides is 2. The normalized spacial score (nSPS) is 16.2. The van der Waals surface area contributed by atoms with E-state index < -0.39 is 5.41 Å². The molecule has 0 aromatic carbocycles. The van der Waals surface area contributed by atoms with Crippen LogP contribution in [-0.2, 0) is 16.6 Å². The third kappa shape index (κ3) is 4.28. The number of nitrogens with one attached hydrogen (secondary N) is 2. The fourth-order valence-corrected chi connectivity index (χ4v) is 2.73. The Kier molecular flexibility index (Phi) is 5.66. The molecule has 25 heavy (non-hydrogen) atoms. The van der Waals surface area contributed by atoms with Crippen molar-refractivity contribution >= 4 is 23.5 Å². The van der Waals surface area contributed by atoms with Gasteiger partial charge < -0.3 is 20.4 Å². The molecule has 2 rings (SSSR count). The number of aliphatic imine (C=N–C) groups is 1. The van der Waals surface area contributed by atoms with Crippen LogP contribution in [0, 0.1) is 5.41 Å². The molecule has 2 heterocycles. The molecule has 0 spiro atoms. The van der Waals surface area contributed by atoms with Crippen LogP contribution >= 0.6 is 0 Å². The minimum Gasteiger partial charge on any atom is -0.359 e. The van der Waals surface area contributed by atoms with E-state index in [-0.39, 0.29) is 18.4 Å². The molecule has 1 fully saturated rings. The molecule has 0 unspecified atom stereocenters. The number of guanidine groups is 1. The average molecular weight is 349 g/mol. The molecule has 0 bridgehead atoms. The van der Waals surface area contributed by atoms with E-state index in [9.17, 15) is 9.59 Å². The van der Waals surface area contributed by atoms with Gasteiger partial charge in [0.15, 0.2) is 5.96 Å². The second-order valence-corrected chi connectivity index (χ2v) is 6.70. The second kappa shape index (κ2) is 7.54. The molecule has 0 saturated carbocycles. The lowest BCUT2D eigenvalue weighted by atomic mass is 9.92. The summed E-state index contributed by atoms with van der Waals surface area (Å²) >= 11 is 0. The number of carbonyl (C=O) groups excluding carboxylic acids is 2. The molecule has 0 atom stereocenters. The minimum absolute atomic E-state index is 0.00670. The summed E-state index contributed by atoms with van der Waals surface area (Å²) in [5.41, 5.74) is 0.225. The van der Waals surface area contributed by atoms with Gasteiger partial charge in [-0.1, -0.05) is 0 Å². The van der Waals surface area contributed by atoms with Gasteiger partial charge in [-0.3, -0.25) is 19.3 Å². The molecule has 9 nitrogen and oxygen atoms in total. The van der Waals surface area contributed by atoms with Crippen LogP contribution in [0.5, 0.6) is 0 Å². The Bertz CT molecular complexity index is 665. The molecule has 1 aromatic heterocycles. The maximum Gasteiger partial charge on any atom is 0.246 e. The van der Waals surface area contributed by atoms with E-state index in [1.165, 1.54) is 0 Å². The first kappa shape index (κ1) is 18.8. The minimum atomic E-state index is -0.577. The number of hydrogen-bond donors (Lipinski definition) is 2. The summed E-state index contributed by atoms with van der Waals surface area (Å²) in [6, 6.07) is 0. The molecular formula is C16H27N7O2. The van der Waals surface area contributed by atoms with Crippen LogP contribution in [-0.4, -0.2) is 72.7 Å². The second-order valence-electron chi connectivity index (χ2n) is 6.70. The van der Waals surface area contributed by atoms with Gasteiger partial charge in [0.05, 0.1) is 17.3 Å². The van der Waals surface area contributed by atoms with Crippen LogP contribution in [0.25, 0.3) is 0 Å². The van der Waals surface area contributed by atoms with E-state index in [1.54, 1.807) is 29.9 Å². The van der Waals surface area contributed by atoms with Crippen molar-refractivity contribution in [3.8, 4) is 0 Å². The van der Waals surface area contributed by atoms with Crippen molar-refractivity contribution in [2.24, 2.45) is 17.5 Å². The SMILES string of the molecule is CN=C(NCC(C)(C)C(=O)NC)N1CCN(c2cnn(C)c2)C(=O)C1. The maximum absolute atomic E-state index is 12.5. The van der Waals surface area contributed by atoms with Crippen LogP contribution in [0.1, 0.15) is 13.8 Å². The fourth-order valence-electron chi connectivity index (χ4n) is 2.73. The summed E-state index contributed by atoms with van der Waals surface area (Å²) in [5, 5.41) is 9.97. The molecular weight excluding hydrogens is 322 g/mol. The highest BCUT2D eigenvalue weighted by atomic mass is 16.2. The van der Waals surface area contributed by atoms with E-state index in [0.29, 0.717) is 25.6 Å². The van der Waals surface area contributed by atoms with Crippen LogP contribution in [0.4, 0.5) is 5.69 Å². The molecule has 1 saturated heterocycles. The molecule has 2 N–H and O–H groups in total. The highest BCUT2D eigenvalue weighted by Crippen LogP contribution is 2.17. The average Bonchev–Trinajstić information content (AvgIpc) is 3.00. The predicted octanol–water partition coefficient (Wildman–Crippen LogP) is -0.584. The number of hydrogen-bond acceptors (Lipinski definition) is 4. The van der Waals surface area contributed by atoms with Gasteiger partial charge in [-0.05, 0) is 13.8 Å². The first-order valence-corrected chi connectivity index (χ1v) is 8.25. The standard InChI is InChI=1S/C16H27N7O2/c1-16(2,14(25)17-3)11-19-15(18-4)22-6-7-23(13(24)10-22)12-8-20-21(5)9-12/h8-9H,6-7,10-11H2,1-5H3,(H,17,25)(H,18,19). The van der Waals surface area contributed by atoms with Crippen molar-refractivity contribution in [2.75, 3.05) is 45.2 Å². The number of nitrogens with zero attached hydrogens (tertiary/aromatic N) is 5. The Morgan fingerprint density at radius 1 is 1.40 bits per heavy atom. The molecule has 138 valence electrons. The molecule has 1 aliphatic rings. The quantitative estimate of drug-likeness (QED) is 0.560. The lowest BCUT2D eigenvalue weighted by Gasteiger charge is -2.36. The van der Waals surface area contributed by atoms with E-state index in [2.05, 4.69) is 20.7 Å². The van der Waals surface area contributed by atoms with Crippen molar-refractivity contribution in [2.45, 2.75) is 13.8 Å². The number of piperazine rings is 1. The topological polar surface area (TPSA) is 94.9 Å². The van der Waals surface area contributed by atoms with Crippen LogP contribution < -0.4 is 15.5 Å². The largest absolute Gasteiger partial charge is 0.359 e. The van der Waals surface area contributed by atoms with Gasteiger partial charge in [-0.15, -0.1) is 0 Å². The monoisotopic (exact) mass is 349 g/mol. The summed E-state index contributed by atoms with van der Waals surface area (Å²) < 4.78 is 1.68. The van der Waals surface area contributed by atoms with Gasteiger partial charge in [-0.2, -0.15) is 5.10 Å². The number of aromatic nitrogens is 2. The van der Waals surface area contributed by atoms with Gasteiger partial charge in [0, 0.05) is 47.0 Å². The Morgan fingerprint density at radius 2 is 2.12 bits per heavy atom. The van der Waals surface area contributed by atoms with Gasteiger partial charge in [0.25, 0.3) is 0 Å². The van der Waals surface area contributed by atoms with Crippen LogP contribution in [0.3, 0.4) is 0 Å². The summed E-state index contributed by atoms with van der Waals surface area (Å²) in [6.07, 6.45) is 3.51. The summed E-state index contributed by atoms with van der Waals surface area (Å²) in [4.78, 5) is 32.3. The summed E-state index contributed by atoms with van der Waals surface area (Å²) in [5.74, 6) is 0.567. The zero-order valence-electron chi connectivity index (χ0n) is 15.5.